The molecule has 2 rings (SSSR count). The quantitative estimate of drug-likeness (QED) is 0.755. The fourth-order valence-electron chi connectivity index (χ4n) is 2.45. The van der Waals surface area contributed by atoms with E-state index >= 15 is 0 Å². The van der Waals surface area contributed by atoms with Gasteiger partial charge in [0.15, 0.2) is 0 Å². The standard InChI is InChI=1S/C14H25N3O/c1-17-10-9-16-14(17)12-15-8-5-11-18-13-6-3-2-4-7-13/h9-10,13,15H,2-8,11-12H2,1H3. The van der Waals surface area contributed by atoms with Crippen LogP contribution in [0.15, 0.2) is 12.4 Å². The Bertz CT molecular complexity index is 332. The average Bonchev–Trinajstić information content (AvgIpc) is 2.81. The van der Waals surface area contributed by atoms with E-state index in [1.165, 1.54) is 32.1 Å². The summed E-state index contributed by atoms with van der Waals surface area (Å²) in [5.41, 5.74) is 0. The number of ether oxygens (including phenoxy) is 1. The SMILES string of the molecule is Cn1ccnc1CNCCCOC1CCCCC1. The first-order valence-corrected chi connectivity index (χ1v) is 7.15. The first-order valence-electron chi connectivity index (χ1n) is 7.15. The van der Waals surface area contributed by atoms with Crippen molar-refractivity contribution in [3.63, 3.8) is 0 Å². The fourth-order valence-corrected chi connectivity index (χ4v) is 2.45. The molecular formula is C14H25N3O. The monoisotopic (exact) mass is 251 g/mol. The summed E-state index contributed by atoms with van der Waals surface area (Å²) in [5, 5.41) is 3.40. The van der Waals surface area contributed by atoms with Crippen LogP contribution >= 0.6 is 0 Å². The molecule has 0 aliphatic heterocycles. The topological polar surface area (TPSA) is 39.1 Å². The lowest BCUT2D eigenvalue weighted by Gasteiger charge is -2.21. The first-order chi connectivity index (χ1) is 8.86. The van der Waals surface area contributed by atoms with Crippen molar-refractivity contribution in [2.24, 2.45) is 7.05 Å². The van der Waals surface area contributed by atoms with E-state index in [0.717, 1.165) is 31.9 Å². The van der Waals surface area contributed by atoms with E-state index in [0.29, 0.717) is 6.10 Å². The number of hydrogen-bond donors (Lipinski definition) is 1. The Kier molecular flexibility index (Phi) is 5.68. The zero-order valence-electron chi connectivity index (χ0n) is 11.4. The van der Waals surface area contributed by atoms with E-state index in [-0.39, 0.29) is 0 Å². The molecule has 0 aromatic carbocycles. The van der Waals surface area contributed by atoms with Crippen molar-refractivity contribution in [3.05, 3.63) is 18.2 Å². The summed E-state index contributed by atoms with van der Waals surface area (Å²) < 4.78 is 7.93. The predicted molar refractivity (Wildman–Crippen MR) is 72.4 cm³/mol. The summed E-state index contributed by atoms with van der Waals surface area (Å²) in [4.78, 5) is 4.28. The molecule has 1 aromatic rings. The number of hydrogen-bond acceptors (Lipinski definition) is 3. The maximum atomic E-state index is 5.88. The maximum absolute atomic E-state index is 5.88. The van der Waals surface area contributed by atoms with E-state index in [9.17, 15) is 0 Å². The Balaban J connectivity index is 1.47. The molecule has 4 nitrogen and oxygen atoms in total. The molecule has 1 aliphatic carbocycles. The van der Waals surface area contributed by atoms with Gasteiger partial charge in [0.2, 0.25) is 0 Å². The normalized spacial score (nSPS) is 17.2. The predicted octanol–water partition coefficient (Wildman–Crippen LogP) is 2.25. The molecule has 0 unspecified atom stereocenters. The van der Waals surface area contributed by atoms with Crippen molar-refractivity contribution in [3.8, 4) is 0 Å². The smallest absolute Gasteiger partial charge is 0.122 e. The Labute approximate surface area is 110 Å². The molecule has 1 saturated carbocycles. The van der Waals surface area contributed by atoms with Gasteiger partial charge in [-0.05, 0) is 25.8 Å². The van der Waals surface area contributed by atoms with Crippen LogP contribution in [0.4, 0.5) is 0 Å². The molecule has 18 heavy (non-hydrogen) atoms. The first kappa shape index (κ1) is 13.6. The summed E-state index contributed by atoms with van der Waals surface area (Å²) in [6.07, 6.45) is 12.1. The highest BCUT2D eigenvalue weighted by Gasteiger charge is 2.12. The van der Waals surface area contributed by atoms with E-state index in [2.05, 4.69) is 10.3 Å². The second-order valence-corrected chi connectivity index (χ2v) is 5.12. The number of imidazole rings is 1. The highest BCUT2D eigenvalue weighted by Crippen LogP contribution is 2.20. The minimum atomic E-state index is 0.535. The molecular weight excluding hydrogens is 226 g/mol. The maximum Gasteiger partial charge on any atom is 0.122 e. The van der Waals surface area contributed by atoms with Crippen molar-refractivity contribution < 1.29 is 4.74 Å². The zero-order chi connectivity index (χ0) is 12.6. The number of aryl methyl sites for hydroxylation is 1. The molecule has 1 fully saturated rings. The highest BCUT2D eigenvalue weighted by atomic mass is 16.5. The molecule has 1 aliphatic rings. The van der Waals surface area contributed by atoms with Crippen LogP contribution in [0.3, 0.4) is 0 Å². The third kappa shape index (κ3) is 4.42. The third-order valence-electron chi connectivity index (χ3n) is 3.61. The minimum Gasteiger partial charge on any atom is -0.378 e. The van der Waals surface area contributed by atoms with Crippen LogP contribution in [-0.2, 0) is 18.3 Å². The summed E-state index contributed by atoms with van der Waals surface area (Å²) in [7, 11) is 2.02. The zero-order valence-corrected chi connectivity index (χ0v) is 11.4. The van der Waals surface area contributed by atoms with Gasteiger partial charge in [-0.2, -0.15) is 0 Å². The summed E-state index contributed by atoms with van der Waals surface area (Å²) >= 11 is 0. The molecule has 4 heteroatoms. The lowest BCUT2D eigenvalue weighted by atomic mass is 9.98. The van der Waals surface area contributed by atoms with Crippen LogP contribution in [-0.4, -0.2) is 28.8 Å². The Morgan fingerprint density at radius 1 is 1.39 bits per heavy atom. The largest absolute Gasteiger partial charge is 0.378 e. The van der Waals surface area contributed by atoms with Gasteiger partial charge in [-0.15, -0.1) is 0 Å². The second-order valence-electron chi connectivity index (χ2n) is 5.12. The fraction of sp³-hybridized carbons (Fsp3) is 0.786. The van der Waals surface area contributed by atoms with Gasteiger partial charge in [-0.25, -0.2) is 4.98 Å². The van der Waals surface area contributed by atoms with Crippen molar-refractivity contribution in [1.29, 1.82) is 0 Å². The van der Waals surface area contributed by atoms with Crippen LogP contribution in [0.2, 0.25) is 0 Å². The molecule has 0 saturated heterocycles. The third-order valence-corrected chi connectivity index (χ3v) is 3.61. The Morgan fingerprint density at radius 2 is 2.22 bits per heavy atom. The number of nitrogens with zero attached hydrogens (tertiary/aromatic N) is 2. The molecule has 1 aromatic heterocycles. The molecule has 102 valence electrons. The van der Waals surface area contributed by atoms with E-state index in [1.807, 2.05) is 24.0 Å². The van der Waals surface area contributed by atoms with Gasteiger partial charge in [0.1, 0.15) is 5.82 Å². The molecule has 1 heterocycles. The summed E-state index contributed by atoms with van der Waals surface area (Å²) in [6.45, 7) is 2.73. The van der Waals surface area contributed by atoms with Crippen LogP contribution in [0.5, 0.6) is 0 Å². The van der Waals surface area contributed by atoms with Gasteiger partial charge in [0.25, 0.3) is 0 Å². The van der Waals surface area contributed by atoms with Crippen molar-refractivity contribution in [2.75, 3.05) is 13.2 Å². The average molecular weight is 251 g/mol. The van der Waals surface area contributed by atoms with Crippen molar-refractivity contribution in [2.45, 2.75) is 51.2 Å². The van der Waals surface area contributed by atoms with E-state index in [1.54, 1.807) is 0 Å². The molecule has 0 spiro atoms. The molecule has 1 N–H and O–H groups in total. The van der Waals surface area contributed by atoms with Gasteiger partial charge in [-0.1, -0.05) is 19.3 Å². The van der Waals surface area contributed by atoms with Gasteiger partial charge in [0, 0.05) is 26.0 Å². The van der Waals surface area contributed by atoms with E-state index < -0.39 is 0 Å². The van der Waals surface area contributed by atoms with Gasteiger partial charge in [0.05, 0.1) is 12.6 Å². The molecule has 0 atom stereocenters. The number of rotatable bonds is 7. The number of nitrogens with one attached hydrogen (secondary N) is 1. The number of aromatic nitrogens is 2. The molecule has 0 bridgehead atoms. The van der Waals surface area contributed by atoms with Crippen molar-refractivity contribution >= 4 is 0 Å². The van der Waals surface area contributed by atoms with Gasteiger partial charge >= 0.3 is 0 Å². The van der Waals surface area contributed by atoms with Gasteiger partial charge < -0.3 is 14.6 Å². The van der Waals surface area contributed by atoms with Crippen LogP contribution in [0, 0.1) is 0 Å². The highest BCUT2D eigenvalue weighted by molar-refractivity contribution is 4.90. The van der Waals surface area contributed by atoms with E-state index in [4.69, 9.17) is 4.74 Å². The Morgan fingerprint density at radius 3 is 2.94 bits per heavy atom. The van der Waals surface area contributed by atoms with Crippen LogP contribution in [0.1, 0.15) is 44.3 Å². The van der Waals surface area contributed by atoms with Crippen molar-refractivity contribution in [1.82, 2.24) is 14.9 Å². The van der Waals surface area contributed by atoms with Crippen LogP contribution in [0.25, 0.3) is 0 Å². The molecule has 0 amide bonds. The Hall–Kier alpha value is -0.870. The molecule has 0 radical (unpaired) electrons. The summed E-state index contributed by atoms with van der Waals surface area (Å²) in [6, 6.07) is 0. The lowest BCUT2D eigenvalue weighted by molar-refractivity contribution is 0.0273. The van der Waals surface area contributed by atoms with Crippen LogP contribution < -0.4 is 5.32 Å². The summed E-state index contributed by atoms with van der Waals surface area (Å²) in [5.74, 6) is 1.09. The second kappa shape index (κ2) is 7.54. The lowest BCUT2D eigenvalue weighted by Crippen LogP contribution is -2.21. The van der Waals surface area contributed by atoms with Gasteiger partial charge in [-0.3, -0.25) is 0 Å². The minimum absolute atomic E-state index is 0.535.